The predicted molar refractivity (Wildman–Crippen MR) is 85.3 cm³/mol. The van der Waals surface area contributed by atoms with Crippen LogP contribution in [0.5, 0.6) is 0 Å². The van der Waals surface area contributed by atoms with E-state index < -0.39 is 5.97 Å². The lowest BCUT2D eigenvalue weighted by atomic mass is 10.2. The van der Waals surface area contributed by atoms with Crippen molar-refractivity contribution in [3.05, 3.63) is 22.4 Å². The molecule has 0 aliphatic rings. The normalized spacial score (nSPS) is 11.2. The van der Waals surface area contributed by atoms with E-state index in [1.54, 1.807) is 6.07 Å². The smallest absolute Gasteiger partial charge is 0.313 e. The molecular formula is C14H16BrFN2O2S. The van der Waals surface area contributed by atoms with Gasteiger partial charge in [0.15, 0.2) is 5.16 Å². The molecule has 21 heavy (non-hydrogen) atoms. The van der Waals surface area contributed by atoms with Gasteiger partial charge in [0.25, 0.3) is 0 Å². The molecule has 0 spiro atoms. The van der Waals surface area contributed by atoms with Crippen LogP contribution in [0.15, 0.2) is 21.8 Å². The van der Waals surface area contributed by atoms with Gasteiger partial charge in [-0.3, -0.25) is 4.79 Å². The van der Waals surface area contributed by atoms with Crippen LogP contribution >= 0.6 is 27.7 Å². The third-order valence-corrected chi connectivity index (χ3v) is 4.63. The van der Waals surface area contributed by atoms with Gasteiger partial charge in [0.2, 0.25) is 0 Å². The van der Waals surface area contributed by atoms with E-state index in [-0.39, 0.29) is 11.6 Å². The second kappa shape index (κ2) is 7.26. The van der Waals surface area contributed by atoms with Crippen molar-refractivity contribution in [3.63, 3.8) is 0 Å². The summed E-state index contributed by atoms with van der Waals surface area (Å²) < 4.78 is 16.0. The molecule has 1 heterocycles. The van der Waals surface area contributed by atoms with E-state index in [9.17, 15) is 9.18 Å². The quantitative estimate of drug-likeness (QED) is 0.579. The Hall–Kier alpha value is -1.08. The SMILES string of the molecule is CCCCCn1c(SCC(=O)O)nc2cc(F)c(Br)cc21. The van der Waals surface area contributed by atoms with Crippen molar-refractivity contribution in [3.8, 4) is 0 Å². The van der Waals surface area contributed by atoms with Crippen molar-refractivity contribution < 1.29 is 14.3 Å². The molecule has 1 aromatic carbocycles. The first kappa shape index (κ1) is 16.3. The number of carboxylic acids is 1. The van der Waals surface area contributed by atoms with Gasteiger partial charge in [-0.05, 0) is 28.4 Å². The predicted octanol–water partition coefficient (Wildman–Crippen LogP) is 4.30. The van der Waals surface area contributed by atoms with E-state index in [0.29, 0.717) is 15.1 Å². The van der Waals surface area contributed by atoms with Crippen LogP contribution in [0.3, 0.4) is 0 Å². The molecule has 0 atom stereocenters. The van der Waals surface area contributed by atoms with Crippen molar-refractivity contribution in [1.29, 1.82) is 0 Å². The fourth-order valence-electron chi connectivity index (χ4n) is 2.07. The Labute approximate surface area is 134 Å². The Bertz CT molecular complexity index is 660. The number of halogens is 2. The Balaban J connectivity index is 2.39. The third kappa shape index (κ3) is 3.97. The van der Waals surface area contributed by atoms with E-state index in [4.69, 9.17) is 5.11 Å². The molecule has 4 nitrogen and oxygen atoms in total. The summed E-state index contributed by atoms with van der Waals surface area (Å²) in [4.78, 5) is 15.1. The molecule has 1 aromatic heterocycles. The zero-order valence-electron chi connectivity index (χ0n) is 11.6. The fourth-order valence-corrected chi connectivity index (χ4v) is 3.16. The van der Waals surface area contributed by atoms with Crippen LogP contribution in [0, 0.1) is 5.82 Å². The highest BCUT2D eigenvalue weighted by Gasteiger charge is 2.14. The van der Waals surface area contributed by atoms with Crippen molar-refractivity contribution in [2.24, 2.45) is 0 Å². The standard InChI is InChI=1S/C14H16BrFN2O2S/c1-2-3-4-5-18-12-6-9(15)10(16)7-11(12)17-14(18)21-8-13(19)20/h6-7H,2-5,8H2,1H3,(H,19,20). The topological polar surface area (TPSA) is 55.1 Å². The van der Waals surface area contributed by atoms with Crippen molar-refractivity contribution in [2.75, 3.05) is 5.75 Å². The molecule has 1 N–H and O–H groups in total. The van der Waals surface area contributed by atoms with Crippen LogP contribution in [-0.4, -0.2) is 26.4 Å². The van der Waals surface area contributed by atoms with E-state index in [2.05, 4.69) is 27.8 Å². The number of thioether (sulfide) groups is 1. The number of fused-ring (bicyclic) bond motifs is 1. The van der Waals surface area contributed by atoms with Gasteiger partial charge >= 0.3 is 5.97 Å². The molecule has 2 aromatic rings. The van der Waals surface area contributed by atoms with Gasteiger partial charge in [-0.1, -0.05) is 31.5 Å². The number of nitrogens with zero attached hydrogens (tertiary/aromatic N) is 2. The lowest BCUT2D eigenvalue weighted by Gasteiger charge is -2.08. The Morgan fingerprint density at radius 3 is 2.90 bits per heavy atom. The first-order chi connectivity index (χ1) is 10.0. The highest BCUT2D eigenvalue weighted by molar-refractivity contribution is 9.10. The summed E-state index contributed by atoms with van der Waals surface area (Å²) in [7, 11) is 0. The molecule has 0 saturated carbocycles. The number of carbonyl (C=O) groups is 1. The number of hydrogen-bond donors (Lipinski definition) is 1. The maximum atomic E-state index is 13.6. The zero-order valence-corrected chi connectivity index (χ0v) is 14.0. The maximum absolute atomic E-state index is 13.6. The number of aliphatic carboxylic acids is 1. The summed E-state index contributed by atoms with van der Waals surface area (Å²) in [6.07, 6.45) is 3.17. The summed E-state index contributed by atoms with van der Waals surface area (Å²) in [6, 6.07) is 3.08. The second-order valence-electron chi connectivity index (χ2n) is 4.69. The molecule has 0 bridgehead atoms. The molecule has 7 heteroatoms. The molecule has 0 saturated heterocycles. The zero-order chi connectivity index (χ0) is 15.4. The second-order valence-corrected chi connectivity index (χ2v) is 6.49. The van der Waals surface area contributed by atoms with Gasteiger partial charge in [0.1, 0.15) is 5.82 Å². The van der Waals surface area contributed by atoms with Crippen molar-refractivity contribution >= 4 is 44.7 Å². The van der Waals surface area contributed by atoms with Gasteiger partial charge in [-0.25, -0.2) is 9.37 Å². The minimum Gasteiger partial charge on any atom is -0.481 e. The number of hydrogen-bond acceptors (Lipinski definition) is 3. The van der Waals surface area contributed by atoms with E-state index in [0.717, 1.165) is 31.3 Å². The number of carboxylic acid groups (broad SMARTS) is 1. The lowest BCUT2D eigenvalue weighted by Crippen LogP contribution is -2.03. The van der Waals surface area contributed by atoms with Gasteiger partial charge in [0.05, 0.1) is 21.3 Å². The van der Waals surface area contributed by atoms with Crippen LogP contribution in [0.25, 0.3) is 11.0 Å². The molecule has 114 valence electrons. The Kier molecular flexibility index (Phi) is 5.64. The van der Waals surface area contributed by atoms with Crippen LogP contribution in [0.4, 0.5) is 4.39 Å². The number of imidazole rings is 1. The van der Waals surface area contributed by atoms with Gasteiger partial charge in [-0.15, -0.1) is 0 Å². The van der Waals surface area contributed by atoms with Gasteiger partial charge < -0.3 is 9.67 Å². The minimum atomic E-state index is -0.889. The van der Waals surface area contributed by atoms with E-state index in [1.165, 1.54) is 17.8 Å². The van der Waals surface area contributed by atoms with Gasteiger partial charge in [-0.2, -0.15) is 0 Å². The lowest BCUT2D eigenvalue weighted by molar-refractivity contribution is -0.133. The summed E-state index contributed by atoms with van der Waals surface area (Å²) in [5.41, 5.74) is 1.38. The van der Waals surface area contributed by atoms with Crippen molar-refractivity contribution in [1.82, 2.24) is 9.55 Å². The number of aromatic nitrogens is 2. The number of benzene rings is 1. The Morgan fingerprint density at radius 1 is 1.48 bits per heavy atom. The highest BCUT2D eigenvalue weighted by Crippen LogP contribution is 2.28. The highest BCUT2D eigenvalue weighted by atomic mass is 79.9. The van der Waals surface area contributed by atoms with E-state index >= 15 is 0 Å². The molecule has 0 fully saturated rings. The molecular weight excluding hydrogens is 359 g/mol. The van der Waals surface area contributed by atoms with Crippen LogP contribution in [-0.2, 0) is 11.3 Å². The van der Waals surface area contributed by atoms with Crippen LogP contribution < -0.4 is 0 Å². The monoisotopic (exact) mass is 374 g/mol. The number of aryl methyl sites for hydroxylation is 1. The third-order valence-electron chi connectivity index (χ3n) is 3.07. The summed E-state index contributed by atoms with van der Waals surface area (Å²) >= 11 is 4.35. The summed E-state index contributed by atoms with van der Waals surface area (Å²) in [5, 5.41) is 9.44. The first-order valence-electron chi connectivity index (χ1n) is 6.72. The number of unbranched alkanes of at least 4 members (excludes halogenated alkanes) is 2. The summed E-state index contributed by atoms with van der Waals surface area (Å²) in [5.74, 6) is -1.31. The van der Waals surface area contributed by atoms with Crippen molar-refractivity contribution in [2.45, 2.75) is 37.9 Å². The maximum Gasteiger partial charge on any atom is 0.313 e. The first-order valence-corrected chi connectivity index (χ1v) is 8.50. The Morgan fingerprint density at radius 2 is 2.24 bits per heavy atom. The molecule has 0 amide bonds. The largest absolute Gasteiger partial charge is 0.481 e. The van der Waals surface area contributed by atoms with Crippen LogP contribution in [0.2, 0.25) is 0 Å². The molecule has 0 radical (unpaired) electrons. The molecule has 0 aliphatic carbocycles. The molecule has 0 aliphatic heterocycles. The average molecular weight is 375 g/mol. The molecule has 0 unspecified atom stereocenters. The summed E-state index contributed by atoms with van der Waals surface area (Å²) in [6.45, 7) is 2.88. The van der Waals surface area contributed by atoms with Gasteiger partial charge in [0, 0.05) is 12.6 Å². The van der Waals surface area contributed by atoms with Crippen LogP contribution in [0.1, 0.15) is 26.2 Å². The average Bonchev–Trinajstić information content (AvgIpc) is 2.75. The number of rotatable bonds is 7. The minimum absolute atomic E-state index is 0.0548. The fraction of sp³-hybridized carbons (Fsp3) is 0.429. The van der Waals surface area contributed by atoms with E-state index in [1.807, 2.05) is 4.57 Å². The molecule has 2 rings (SSSR count).